The van der Waals surface area contributed by atoms with E-state index in [2.05, 4.69) is 20.4 Å². The van der Waals surface area contributed by atoms with E-state index in [-0.39, 0.29) is 0 Å². The van der Waals surface area contributed by atoms with E-state index in [0.29, 0.717) is 0 Å². The van der Waals surface area contributed by atoms with Crippen LogP contribution in [-0.2, 0) is 0 Å². The first kappa shape index (κ1) is 11.8. The van der Waals surface area contributed by atoms with E-state index in [1.54, 1.807) is 0 Å². The predicted octanol–water partition coefficient (Wildman–Crippen LogP) is 4.15. The van der Waals surface area contributed by atoms with Crippen molar-refractivity contribution in [3.05, 3.63) is 12.2 Å². The van der Waals surface area contributed by atoms with Crippen molar-refractivity contribution in [2.45, 2.75) is 46.5 Å². The van der Waals surface area contributed by atoms with Crippen LogP contribution in [0.5, 0.6) is 0 Å². The summed E-state index contributed by atoms with van der Waals surface area (Å²) >= 11 is 5.02. The minimum Gasteiger partial charge on any atom is -0.0995 e. The highest BCUT2D eigenvalue weighted by molar-refractivity contribution is 7.80. The molecule has 0 aromatic heterocycles. The first-order valence-corrected chi connectivity index (χ1v) is 5.13. The summed E-state index contributed by atoms with van der Waals surface area (Å²) in [5, 5.41) is 0. The number of hydrogen-bond acceptors (Lipinski definition) is 1. The van der Waals surface area contributed by atoms with Gasteiger partial charge in [0.05, 0.1) is 0 Å². The second-order valence-corrected chi connectivity index (χ2v) is 4.38. The molecule has 0 aromatic carbocycles. The number of thiocarbonyl (C=S) groups is 1. The maximum absolute atomic E-state index is 5.02. The van der Waals surface area contributed by atoms with Gasteiger partial charge in [-0.05, 0) is 37.0 Å². The van der Waals surface area contributed by atoms with Crippen molar-refractivity contribution in [3.63, 3.8) is 0 Å². The van der Waals surface area contributed by atoms with Crippen molar-refractivity contribution in [2.75, 3.05) is 0 Å². The molecule has 1 atom stereocenters. The molecule has 0 aromatic rings. The molecular formula is C11H20S. The van der Waals surface area contributed by atoms with Crippen molar-refractivity contribution < 1.29 is 0 Å². The SMILES string of the molecule is C=C(CCC(C)CC)CC(C)=S. The van der Waals surface area contributed by atoms with Gasteiger partial charge in [0.2, 0.25) is 0 Å². The average Bonchev–Trinajstić information content (AvgIpc) is 1.99. The molecule has 0 spiro atoms. The molecule has 70 valence electrons. The maximum atomic E-state index is 5.02. The molecule has 0 saturated carbocycles. The molecule has 12 heavy (non-hydrogen) atoms. The smallest absolute Gasteiger partial charge is 0.000866 e. The largest absolute Gasteiger partial charge is 0.0995 e. The van der Waals surface area contributed by atoms with Gasteiger partial charge in [0, 0.05) is 0 Å². The second-order valence-electron chi connectivity index (χ2n) is 3.68. The van der Waals surface area contributed by atoms with Crippen LogP contribution in [0, 0.1) is 5.92 Å². The van der Waals surface area contributed by atoms with Gasteiger partial charge in [-0.2, -0.15) is 0 Å². The summed E-state index contributed by atoms with van der Waals surface area (Å²) in [5.74, 6) is 0.826. The summed E-state index contributed by atoms with van der Waals surface area (Å²) in [7, 11) is 0. The molecule has 0 amide bonds. The zero-order valence-electron chi connectivity index (χ0n) is 8.52. The maximum Gasteiger partial charge on any atom is -0.000866 e. The third-order valence-corrected chi connectivity index (χ3v) is 2.33. The van der Waals surface area contributed by atoms with Crippen molar-refractivity contribution in [2.24, 2.45) is 5.92 Å². The van der Waals surface area contributed by atoms with E-state index in [1.165, 1.54) is 18.4 Å². The van der Waals surface area contributed by atoms with Crippen molar-refractivity contribution in [1.29, 1.82) is 0 Å². The average molecular weight is 184 g/mol. The van der Waals surface area contributed by atoms with Crippen LogP contribution in [0.1, 0.15) is 46.5 Å². The van der Waals surface area contributed by atoms with Crippen LogP contribution >= 0.6 is 12.2 Å². The Morgan fingerprint density at radius 2 is 2.08 bits per heavy atom. The van der Waals surface area contributed by atoms with Crippen LogP contribution in [0.2, 0.25) is 0 Å². The molecule has 0 bridgehead atoms. The molecule has 0 nitrogen and oxygen atoms in total. The third kappa shape index (κ3) is 6.53. The van der Waals surface area contributed by atoms with Crippen molar-refractivity contribution in [3.8, 4) is 0 Å². The molecule has 1 heteroatoms. The molecule has 0 N–H and O–H groups in total. The molecule has 0 aliphatic rings. The highest BCUT2D eigenvalue weighted by Gasteiger charge is 2.01. The van der Waals surface area contributed by atoms with Gasteiger partial charge in [-0.3, -0.25) is 0 Å². The third-order valence-electron chi connectivity index (χ3n) is 2.19. The fourth-order valence-corrected chi connectivity index (χ4v) is 1.30. The predicted molar refractivity (Wildman–Crippen MR) is 60.7 cm³/mol. The zero-order valence-corrected chi connectivity index (χ0v) is 9.34. The summed E-state index contributed by atoms with van der Waals surface area (Å²) in [6, 6.07) is 0. The van der Waals surface area contributed by atoms with E-state index in [9.17, 15) is 0 Å². The minimum atomic E-state index is 0.826. The van der Waals surface area contributed by atoms with E-state index in [0.717, 1.165) is 23.6 Å². The Labute approximate surface area is 82.1 Å². The highest BCUT2D eigenvalue weighted by Crippen LogP contribution is 2.15. The van der Waals surface area contributed by atoms with Gasteiger partial charge in [0.1, 0.15) is 0 Å². The van der Waals surface area contributed by atoms with Gasteiger partial charge in [-0.1, -0.05) is 44.6 Å². The topological polar surface area (TPSA) is 0 Å². The van der Waals surface area contributed by atoms with Crippen LogP contribution in [-0.4, -0.2) is 4.86 Å². The minimum absolute atomic E-state index is 0.826. The summed E-state index contributed by atoms with van der Waals surface area (Å²) in [5.41, 5.74) is 1.29. The van der Waals surface area contributed by atoms with E-state index < -0.39 is 0 Å². The van der Waals surface area contributed by atoms with Crippen LogP contribution in [0.4, 0.5) is 0 Å². The van der Waals surface area contributed by atoms with Crippen LogP contribution in [0.25, 0.3) is 0 Å². The Balaban J connectivity index is 3.50. The van der Waals surface area contributed by atoms with Gasteiger partial charge in [-0.25, -0.2) is 0 Å². The van der Waals surface area contributed by atoms with E-state index in [1.807, 2.05) is 6.92 Å². The summed E-state index contributed by atoms with van der Waals surface area (Å²) < 4.78 is 0. The van der Waals surface area contributed by atoms with Gasteiger partial charge in [0.25, 0.3) is 0 Å². The lowest BCUT2D eigenvalue weighted by Gasteiger charge is -2.09. The van der Waals surface area contributed by atoms with Gasteiger partial charge in [-0.15, -0.1) is 0 Å². The first-order chi connectivity index (χ1) is 5.56. The van der Waals surface area contributed by atoms with E-state index >= 15 is 0 Å². The second kappa shape index (κ2) is 6.36. The zero-order chi connectivity index (χ0) is 9.56. The number of hydrogen-bond donors (Lipinski definition) is 0. The Hall–Kier alpha value is -0.170. The Kier molecular flexibility index (Phi) is 6.27. The standard InChI is InChI=1S/C11H20S/c1-5-9(2)6-7-10(3)8-11(4)12/h9H,3,5-8H2,1-2,4H3. The summed E-state index contributed by atoms with van der Waals surface area (Å²) in [6.45, 7) is 10.5. The van der Waals surface area contributed by atoms with Crippen molar-refractivity contribution >= 4 is 17.1 Å². The molecular weight excluding hydrogens is 164 g/mol. The van der Waals surface area contributed by atoms with Gasteiger partial charge in [0.15, 0.2) is 0 Å². The quantitative estimate of drug-likeness (QED) is 0.441. The Morgan fingerprint density at radius 3 is 2.50 bits per heavy atom. The van der Waals surface area contributed by atoms with Gasteiger partial charge >= 0.3 is 0 Å². The molecule has 1 unspecified atom stereocenters. The molecule has 0 saturated heterocycles. The van der Waals surface area contributed by atoms with Crippen LogP contribution < -0.4 is 0 Å². The monoisotopic (exact) mass is 184 g/mol. The Morgan fingerprint density at radius 1 is 1.50 bits per heavy atom. The van der Waals surface area contributed by atoms with E-state index in [4.69, 9.17) is 12.2 Å². The lowest BCUT2D eigenvalue weighted by atomic mass is 9.98. The molecule has 0 aliphatic carbocycles. The van der Waals surface area contributed by atoms with Gasteiger partial charge < -0.3 is 0 Å². The van der Waals surface area contributed by atoms with Crippen LogP contribution in [0.3, 0.4) is 0 Å². The highest BCUT2D eigenvalue weighted by atomic mass is 32.1. The first-order valence-electron chi connectivity index (χ1n) is 4.72. The summed E-state index contributed by atoms with van der Waals surface area (Å²) in [4.78, 5) is 1.06. The number of rotatable bonds is 6. The fourth-order valence-electron chi connectivity index (χ4n) is 1.10. The Bertz CT molecular complexity index is 158. The molecule has 0 rings (SSSR count). The lowest BCUT2D eigenvalue weighted by Crippen LogP contribution is -1.95. The summed E-state index contributed by atoms with van der Waals surface area (Å²) in [6.07, 6.45) is 4.61. The molecule has 0 fully saturated rings. The number of allylic oxidation sites excluding steroid dienone is 1. The molecule has 0 heterocycles. The lowest BCUT2D eigenvalue weighted by molar-refractivity contribution is 0.514. The normalized spacial score (nSPS) is 12.6. The molecule has 0 radical (unpaired) electrons. The molecule has 0 aliphatic heterocycles. The van der Waals surface area contributed by atoms with Crippen molar-refractivity contribution in [1.82, 2.24) is 0 Å². The fraction of sp³-hybridized carbons (Fsp3) is 0.727. The van der Waals surface area contributed by atoms with Crippen LogP contribution in [0.15, 0.2) is 12.2 Å².